The standard InChI is InChI=1S/C12H16FNO3/c1-2-10(12(15)16)17-11-4-3-8(5-6-14)7-9(11)13/h3-4,7,10H,2,5-6,14H2,1H3,(H,15,16). The number of nitrogens with two attached hydrogens (primary N) is 1. The second-order valence-electron chi connectivity index (χ2n) is 3.66. The molecule has 94 valence electrons. The summed E-state index contributed by atoms with van der Waals surface area (Å²) in [7, 11) is 0. The number of carboxylic acid groups (broad SMARTS) is 1. The van der Waals surface area contributed by atoms with E-state index in [0.717, 1.165) is 5.56 Å². The minimum Gasteiger partial charge on any atom is -0.479 e. The van der Waals surface area contributed by atoms with Crippen molar-refractivity contribution in [3.05, 3.63) is 29.6 Å². The Hall–Kier alpha value is -1.62. The summed E-state index contributed by atoms with van der Waals surface area (Å²) in [6.07, 6.45) is -0.169. The van der Waals surface area contributed by atoms with Crippen LogP contribution in [0.2, 0.25) is 0 Å². The van der Waals surface area contributed by atoms with Crippen molar-refractivity contribution < 1.29 is 19.0 Å². The van der Waals surface area contributed by atoms with Gasteiger partial charge in [0.05, 0.1) is 0 Å². The van der Waals surface area contributed by atoms with Gasteiger partial charge >= 0.3 is 5.97 Å². The predicted molar refractivity (Wildman–Crippen MR) is 61.5 cm³/mol. The second kappa shape index (κ2) is 6.20. The minimum absolute atomic E-state index is 0.0416. The lowest BCUT2D eigenvalue weighted by atomic mass is 10.1. The van der Waals surface area contributed by atoms with E-state index in [1.165, 1.54) is 12.1 Å². The van der Waals surface area contributed by atoms with Gasteiger partial charge < -0.3 is 15.6 Å². The third kappa shape index (κ3) is 3.71. The molecule has 0 bridgehead atoms. The molecule has 5 heteroatoms. The Bertz CT molecular complexity index is 395. The van der Waals surface area contributed by atoms with Gasteiger partial charge in [-0.15, -0.1) is 0 Å². The molecule has 1 aromatic rings. The summed E-state index contributed by atoms with van der Waals surface area (Å²) >= 11 is 0. The fourth-order valence-electron chi connectivity index (χ4n) is 1.42. The monoisotopic (exact) mass is 241 g/mol. The molecule has 0 fully saturated rings. The van der Waals surface area contributed by atoms with E-state index < -0.39 is 17.9 Å². The van der Waals surface area contributed by atoms with E-state index in [2.05, 4.69) is 0 Å². The molecule has 0 spiro atoms. The highest BCUT2D eigenvalue weighted by Gasteiger charge is 2.18. The average molecular weight is 241 g/mol. The lowest BCUT2D eigenvalue weighted by molar-refractivity contribution is -0.145. The van der Waals surface area contributed by atoms with Crippen LogP contribution in [-0.4, -0.2) is 23.7 Å². The van der Waals surface area contributed by atoms with E-state index in [1.54, 1.807) is 13.0 Å². The zero-order valence-corrected chi connectivity index (χ0v) is 9.65. The van der Waals surface area contributed by atoms with Gasteiger partial charge in [0.2, 0.25) is 0 Å². The van der Waals surface area contributed by atoms with Gasteiger partial charge in [-0.25, -0.2) is 9.18 Å². The quantitative estimate of drug-likeness (QED) is 0.793. The summed E-state index contributed by atoms with van der Waals surface area (Å²) in [6.45, 7) is 2.10. The Kier molecular flexibility index (Phi) is 4.90. The number of carbonyl (C=O) groups is 1. The molecular weight excluding hydrogens is 225 g/mol. The van der Waals surface area contributed by atoms with Crippen molar-refractivity contribution in [1.29, 1.82) is 0 Å². The van der Waals surface area contributed by atoms with Gasteiger partial charge in [0.25, 0.3) is 0 Å². The third-order valence-electron chi connectivity index (χ3n) is 2.34. The lowest BCUT2D eigenvalue weighted by Gasteiger charge is -2.14. The van der Waals surface area contributed by atoms with E-state index >= 15 is 0 Å². The van der Waals surface area contributed by atoms with Crippen LogP contribution in [0.25, 0.3) is 0 Å². The van der Waals surface area contributed by atoms with Crippen LogP contribution >= 0.6 is 0 Å². The van der Waals surface area contributed by atoms with Crippen molar-refractivity contribution in [2.75, 3.05) is 6.54 Å². The van der Waals surface area contributed by atoms with Crippen LogP contribution in [-0.2, 0) is 11.2 Å². The SMILES string of the molecule is CCC(Oc1ccc(CCN)cc1F)C(=O)O. The Morgan fingerprint density at radius 1 is 1.59 bits per heavy atom. The largest absolute Gasteiger partial charge is 0.479 e. The topological polar surface area (TPSA) is 72.5 Å². The molecular formula is C12H16FNO3. The molecule has 1 aromatic carbocycles. The highest BCUT2D eigenvalue weighted by Crippen LogP contribution is 2.20. The van der Waals surface area contributed by atoms with Crippen molar-refractivity contribution in [2.24, 2.45) is 5.73 Å². The third-order valence-corrected chi connectivity index (χ3v) is 2.34. The van der Waals surface area contributed by atoms with Gasteiger partial charge in [0.15, 0.2) is 17.7 Å². The minimum atomic E-state index is -1.10. The molecule has 0 heterocycles. The summed E-state index contributed by atoms with van der Waals surface area (Å²) in [5.41, 5.74) is 6.12. The number of hydrogen-bond donors (Lipinski definition) is 2. The van der Waals surface area contributed by atoms with E-state index in [1.807, 2.05) is 0 Å². The van der Waals surface area contributed by atoms with Gasteiger partial charge in [0.1, 0.15) is 0 Å². The van der Waals surface area contributed by atoms with Crippen LogP contribution in [0.5, 0.6) is 5.75 Å². The molecule has 0 saturated heterocycles. The summed E-state index contributed by atoms with van der Waals surface area (Å²) in [5, 5.41) is 8.80. The molecule has 0 saturated carbocycles. The molecule has 0 aliphatic carbocycles. The fraction of sp³-hybridized carbons (Fsp3) is 0.417. The molecule has 0 aliphatic heterocycles. The van der Waals surface area contributed by atoms with E-state index in [9.17, 15) is 9.18 Å². The maximum Gasteiger partial charge on any atom is 0.344 e. The second-order valence-corrected chi connectivity index (χ2v) is 3.66. The molecule has 1 atom stereocenters. The molecule has 0 radical (unpaired) electrons. The van der Waals surface area contributed by atoms with Crippen molar-refractivity contribution in [1.82, 2.24) is 0 Å². The van der Waals surface area contributed by atoms with Crippen LogP contribution in [0, 0.1) is 5.82 Å². The molecule has 3 N–H and O–H groups in total. The zero-order valence-electron chi connectivity index (χ0n) is 9.65. The highest BCUT2D eigenvalue weighted by molar-refractivity contribution is 5.72. The van der Waals surface area contributed by atoms with Crippen LogP contribution < -0.4 is 10.5 Å². The summed E-state index contributed by atoms with van der Waals surface area (Å²) in [4.78, 5) is 10.8. The maximum absolute atomic E-state index is 13.6. The van der Waals surface area contributed by atoms with Crippen LogP contribution in [0.15, 0.2) is 18.2 Å². The molecule has 1 unspecified atom stereocenters. The Labute approximate surface area is 99.2 Å². The summed E-state index contributed by atoms with van der Waals surface area (Å²) < 4.78 is 18.7. The lowest BCUT2D eigenvalue weighted by Crippen LogP contribution is -2.26. The van der Waals surface area contributed by atoms with E-state index in [0.29, 0.717) is 13.0 Å². The first-order chi connectivity index (χ1) is 8.08. The Morgan fingerprint density at radius 3 is 2.76 bits per heavy atom. The molecule has 17 heavy (non-hydrogen) atoms. The van der Waals surface area contributed by atoms with Gasteiger partial charge in [-0.05, 0) is 37.1 Å². The number of ether oxygens (including phenoxy) is 1. The first-order valence-electron chi connectivity index (χ1n) is 5.46. The van der Waals surface area contributed by atoms with Crippen molar-refractivity contribution >= 4 is 5.97 Å². The summed E-state index contributed by atoms with van der Waals surface area (Å²) in [5.74, 6) is -1.70. The Balaban J connectivity index is 2.81. The van der Waals surface area contributed by atoms with Gasteiger partial charge in [0, 0.05) is 0 Å². The molecule has 1 rings (SSSR count). The first-order valence-corrected chi connectivity index (χ1v) is 5.46. The highest BCUT2D eigenvalue weighted by atomic mass is 19.1. The van der Waals surface area contributed by atoms with Crippen molar-refractivity contribution in [2.45, 2.75) is 25.9 Å². The zero-order chi connectivity index (χ0) is 12.8. The summed E-state index contributed by atoms with van der Waals surface area (Å²) in [6, 6.07) is 4.43. The molecule has 4 nitrogen and oxygen atoms in total. The normalized spacial score (nSPS) is 12.2. The predicted octanol–water partition coefficient (Wildman–Crippen LogP) is 1.57. The van der Waals surface area contributed by atoms with Gasteiger partial charge in [-0.3, -0.25) is 0 Å². The number of carboxylic acids is 1. The van der Waals surface area contributed by atoms with Crippen molar-refractivity contribution in [3.8, 4) is 5.75 Å². The molecule has 0 aliphatic rings. The first kappa shape index (κ1) is 13.4. The van der Waals surface area contributed by atoms with Crippen LogP contribution in [0.4, 0.5) is 4.39 Å². The fourth-order valence-corrected chi connectivity index (χ4v) is 1.42. The number of hydrogen-bond acceptors (Lipinski definition) is 3. The smallest absolute Gasteiger partial charge is 0.344 e. The van der Waals surface area contributed by atoms with Crippen LogP contribution in [0.3, 0.4) is 0 Å². The average Bonchev–Trinajstić information content (AvgIpc) is 2.28. The molecule has 0 amide bonds. The number of aliphatic carboxylic acids is 1. The maximum atomic E-state index is 13.6. The van der Waals surface area contributed by atoms with Gasteiger partial charge in [-0.1, -0.05) is 13.0 Å². The molecule has 0 aromatic heterocycles. The number of benzene rings is 1. The Morgan fingerprint density at radius 2 is 2.29 bits per heavy atom. The van der Waals surface area contributed by atoms with Crippen molar-refractivity contribution in [3.63, 3.8) is 0 Å². The van der Waals surface area contributed by atoms with Gasteiger partial charge in [-0.2, -0.15) is 0 Å². The number of halogens is 1. The van der Waals surface area contributed by atoms with E-state index in [4.69, 9.17) is 15.6 Å². The number of rotatable bonds is 6. The van der Waals surface area contributed by atoms with Crippen LogP contribution in [0.1, 0.15) is 18.9 Å². The van der Waals surface area contributed by atoms with E-state index in [-0.39, 0.29) is 12.2 Å².